The van der Waals surface area contributed by atoms with Gasteiger partial charge in [-0.1, -0.05) is 11.6 Å². The minimum absolute atomic E-state index is 0.214. The van der Waals surface area contributed by atoms with Gasteiger partial charge in [-0.2, -0.15) is 0 Å². The topological polar surface area (TPSA) is 54.9 Å². The van der Waals surface area contributed by atoms with Gasteiger partial charge in [0.2, 0.25) is 5.95 Å². The van der Waals surface area contributed by atoms with Crippen molar-refractivity contribution in [2.45, 2.75) is 24.9 Å². The predicted octanol–water partition coefficient (Wildman–Crippen LogP) is 1.69. The van der Waals surface area contributed by atoms with Crippen LogP contribution in [0.2, 0.25) is 5.15 Å². The van der Waals surface area contributed by atoms with Crippen molar-refractivity contribution in [3.8, 4) is 0 Å². The molecule has 0 aliphatic carbocycles. The molecule has 0 fully saturated rings. The van der Waals surface area contributed by atoms with Crippen molar-refractivity contribution in [1.29, 1.82) is 0 Å². The summed E-state index contributed by atoms with van der Waals surface area (Å²) >= 11 is 5.75. The van der Waals surface area contributed by atoms with Gasteiger partial charge in [0.25, 0.3) is 0 Å². The molecule has 0 aromatic carbocycles. The Morgan fingerprint density at radius 3 is 2.64 bits per heavy atom. The SMILES string of the molecule is CC(C)Nc1nc(Cl)cc(S(C)=O)n1. The highest BCUT2D eigenvalue weighted by Crippen LogP contribution is 2.13. The molecule has 6 heteroatoms. The smallest absolute Gasteiger partial charge is 0.225 e. The van der Waals surface area contributed by atoms with Gasteiger partial charge in [-0.25, -0.2) is 9.97 Å². The number of halogens is 1. The van der Waals surface area contributed by atoms with E-state index in [2.05, 4.69) is 15.3 Å². The maximum absolute atomic E-state index is 11.2. The van der Waals surface area contributed by atoms with Gasteiger partial charge in [0.15, 0.2) is 0 Å². The number of nitrogens with one attached hydrogen (secondary N) is 1. The first-order valence-electron chi connectivity index (χ1n) is 4.13. The van der Waals surface area contributed by atoms with Gasteiger partial charge in [0, 0.05) is 18.4 Å². The molecule has 1 unspecified atom stereocenters. The monoisotopic (exact) mass is 233 g/mol. The zero-order chi connectivity index (χ0) is 10.7. The fraction of sp³-hybridized carbons (Fsp3) is 0.500. The number of aromatic nitrogens is 2. The lowest BCUT2D eigenvalue weighted by Crippen LogP contribution is -2.13. The molecule has 4 nitrogen and oxygen atoms in total. The van der Waals surface area contributed by atoms with Crippen LogP contribution in [0.3, 0.4) is 0 Å². The van der Waals surface area contributed by atoms with Crippen molar-refractivity contribution in [1.82, 2.24) is 9.97 Å². The normalized spacial score (nSPS) is 12.9. The van der Waals surface area contributed by atoms with Crippen LogP contribution >= 0.6 is 11.6 Å². The maximum Gasteiger partial charge on any atom is 0.225 e. The Kier molecular flexibility index (Phi) is 3.83. The number of rotatable bonds is 3. The van der Waals surface area contributed by atoms with Crippen molar-refractivity contribution in [3.63, 3.8) is 0 Å². The van der Waals surface area contributed by atoms with E-state index < -0.39 is 10.8 Å². The molecule has 0 saturated carbocycles. The molecule has 1 aromatic heterocycles. The third kappa shape index (κ3) is 3.23. The van der Waals surface area contributed by atoms with E-state index in [0.717, 1.165) is 0 Å². The Hall–Kier alpha value is -0.680. The largest absolute Gasteiger partial charge is 0.352 e. The molecular formula is C8H12ClN3OS. The highest BCUT2D eigenvalue weighted by molar-refractivity contribution is 7.84. The third-order valence-corrected chi connectivity index (χ3v) is 2.38. The van der Waals surface area contributed by atoms with Gasteiger partial charge in [0.05, 0.1) is 10.8 Å². The fourth-order valence-electron chi connectivity index (χ4n) is 0.867. The minimum Gasteiger partial charge on any atom is -0.352 e. The van der Waals surface area contributed by atoms with Crippen LogP contribution in [-0.2, 0) is 10.8 Å². The summed E-state index contributed by atoms with van der Waals surface area (Å²) in [5.41, 5.74) is 0. The van der Waals surface area contributed by atoms with Crippen molar-refractivity contribution in [2.75, 3.05) is 11.6 Å². The van der Waals surface area contributed by atoms with Gasteiger partial charge in [0.1, 0.15) is 10.2 Å². The van der Waals surface area contributed by atoms with Crippen LogP contribution in [0.15, 0.2) is 11.1 Å². The van der Waals surface area contributed by atoms with Crippen LogP contribution in [0.5, 0.6) is 0 Å². The highest BCUT2D eigenvalue weighted by Gasteiger charge is 2.06. The van der Waals surface area contributed by atoms with E-state index in [-0.39, 0.29) is 6.04 Å². The van der Waals surface area contributed by atoms with Gasteiger partial charge >= 0.3 is 0 Å². The first kappa shape index (κ1) is 11.4. The Morgan fingerprint density at radius 2 is 2.14 bits per heavy atom. The Balaban J connectivity index is 3.01. The first-order valence-corrected chi connectivity index (χ1v) is 6.07. The fourth-order valence-corrected chi connectivity index (χ4v) is 1.61. The molecule has 1 atom stereocenters. The lowest BCUT2D eigenvalue weighted by atomic mass is 10.4. The van der Waals surface area contributed by atoms with E-state index in [1.807, 2.05) is 13.8 Å². The molecule has 0 aliphatic heterocycles. The lowest BCUT2D eigenvalue weighted by Gasteiger charge is -2.08. The molecule has 0 amide bonds. The molecule has 0 spiro atoms. The molecule has 0 saturated heterocycles. The minimum atomic E-state index is -1.14. The summed E-state index contributed by atoms with van der Waals surface area (Å²) in [6, 6.07) is 1.72. The number of anilines is 1. The molecule has 0 aliphatic rings. The van der Waals surface area contributed by atoms with Gasteiger partial charge in [-0.3, -0.25) is 4.21 Å². The summed E-state index contributed by atoms with van der Waals surface area (Å²) in [5, 5.41) is 3.74. The predicted molar refractivity (Wildman–Crippen MR) is 58.1 cm³/mol. The molecule has 1 heterocycles. The molecule has 1 aromatic rings. The zero-order valence-corrected chi connectivity index (χ0v) is 9.82. The average Bonchev–Trinajstić information content (AvgIpc) is 2.01. The summed E-state index contributed by atoms with van der Waals surface area (Å²) in [5.74, 6) is 0.415. The average molecular weight is 234 g/mol. The highest BCUT2D eigenvalue weighted by atomic mass is 35.5. The van der Waals surface area contributed by atoms with Crippen molar-refractivity contribution in [3.05, 3.63) is 11.2 Å². The molecule has 0 radical (unpaired) electrons. The molecule has 78 valence electrons. The van der Waals surface area contributed by atoms with Crippen molar-refractivity contribution >= 4 is 28.3 Å². The van der Waals surface area contributed by atoms with E-state index in [9.17, 15) is 4.21 Å². The van der Waals surface area contributed by atoms with Crippen LogP contribution < -0.4 is 5.32 Å². The van der Waals surface area contributed by atoms with Gasteiger partial charge in [-0.15, -0.1) is 0 Å². The Labute approximate surface area is 90.6 Å². The number of hydrogen-bond acceptors (Lipinski definition) is 4. The van der Waals surface area contributed by atoms with Crippen molar-refractivity contribution < 1.29 is 4.21 Å². The first-order chi connectivity index (χ1) is 6.49. The molecular weight excluding hydrogens is 222 g/mol. The van der Waals surface area contributed by atoms with E-state index in [0.29, 0.717) is 16.1 Å². The lowest BCUT2D eigenvalue weighted by molar-refractivity contribution is 0.683. The third-order valence-electron chi connectivity index (χ3n) is 1.38. The summed E-state index contributed by atoms with van der Waals surface area (Å²) in [6.45, 7) is 3.93. The maximum atomic E-state index is 11.2. The van der Waals surface area contributed by atoms with Crippen molar-refractivity contribution in [2.24, 2.45) is 0 Å². The van der Waals surface area contributed by atoms with Crippen LogP contribution in [0.1, 0.15) is 13.8 Å². The van der Waals surface area contributed by atoms with E-state index >= 15 is 0 Å². The summed E-state index contributed by atoms with van der Waals surface area (Å²) < 4.78 is 11.2. The zero-order valence-electron chi connectivity index (χ0n) is 8.24. The number of hydrogen-bond donors (Lipinski definition) is 1. The van der Waals surface area contributed by atoms with Crippen LogP contribution in [0, 0.1) is 0 Å². The van der Waals surface area contributed by atoms with Gasteiger partial charge in [-0.05, 0) is 13.8 Å². The second kappa shape index (κ2) is 4.70. The van der Waals surface area contributed by atoms with Gasteiger partial charge < -0.3 is 5.32 Å². The second-order valence-corrected chi connectivity index (χ2v) is 4.82. The van der Waals surface area contributed by atoms with E-state index in [1.54, 1.807) is 6.26 Å². The van der Waals surface area contributed by atoms with Crippen LogP contribution in [-0.4, -0.2) is 26.5 Å². The molecule has 14 heavy (non-hydrogen) atoms. The summed E-state index contributed by atoms with van der Waals surface area (Å²) in [4.78, 5) is 8.03. The van der Waals surface area contributed by atoms with Crippen LogP contribution in [0.4, 0.5) is 5.95 Å². The van der Waals surface area contributed by atoms with E-state index in [4.69, 9.17) is 11.6 Å². The molecule has 1 N–H and O–H groups in total. The Morgan fingerprint density at radius 1 is 1.50 bits per heavy atom. The quantitative estimate of drug-likeness (QED) is 0.808. The number of nitrogens with zero attached hydrogens (tertiary/aromatic N) is 2. The van der Waals surface area contributed by atoms with E-state index in [1.165, 1.54) is 6.07 Å². The second-order valence-electron chi connectivity index (χ2n) is 3.11. The Bertz CT molecular complexity index is 356. The summed E-state index contributed by atoms with van der Waals surface area (Å²) in [7, 11) is -1.14. The van der Waals surface area contributed by atoms with Crippen LogP contribution in [0.25, 0.3) is 0 Å². The molecule has 1 rings (SSSR count). The standard InChI is InChI=1S/C8H12ClN3OS/c1-5(2)10-8-11-6(9)4-7(12-8)14(3)13/h4-5H,1-3H3,(H,10,11,12). The summed E-state index contributed by atoms with van der Waals surface area (Å²) in [6.07, 6.45) is 1.55. The molecule has 0 bridgehead atoms.